The first kappa shape index (κ1) is 14.6. The summed E-state index contributed by atoms with van der Waals surface area (Å²) in [5.41, 5.74) is 6.51. The maximum atomic E-state index is 11.7. The summed E-state index contributed by atoms with van der Waals surface area (Å²) in [7, 11) is 5.53. The number of ether oxygens (including phenoxy) is 1. The van der Waals surface area contributed by atoms with Crippen molar-refractivity contribution in [3.05, 3.63) is 17.8 Å². The standard InChI is InChI=1S/C14H22N4O2/c1-17(2)10-5-4-6-18(9-10)13-7-11(14(19)20-3)12(15)8-16-13/h7-8,10H,4-6,9,15H2,1-3H3. The van der Waals surface area contributed by atoms with E-state index in [0.29, 0.717) is 17.3 Å². The Morgan fingerprint density at radius 3 is 2.95 bits per heavy atom. The quantitative estimate of drug-likeness (QED) is 0.831. The summed E-state index contributed by atoms with van der Waals surface area (Å²) in [6.07, 6.45) is 3.83. The maximum Gasteiger partial charge on any atom is 0.340 e. The van der Waals surface area contributed by atoms with Crippen molar-refractivity contribution >= 4 is 17.5 Å². The van der Waals surface area contributed by atoms with Gasteiger partial charge in [-0.15, -0.1) is 0 Å². The summed E-state index contributed by atoms with van der Waals surface area (Å²) < 4.78 is 4.75. The summed E-state index contributed by atoms with van der Waals surface area (Å²) in [5.74, 6) is 0.360. The number of methoxy groups -OCH3 is 1. The third kappa shape index (κ3) is 3.01. The smallest absolute Gasteiger partial charge is 0.340 e. The monoisotopic (exact) mass is 278 g/mol. The Morgan fingerprint density at radius 1 is 1.55 bits per heavy atom. The molecule has 1 unspecified atom stereocenters. The molecule has 6 heteroatoms. The first-order valence-corrected chi connectivity index (χ1v) is 6.78. The van der Waals surface area contributed by atoms with Gasteiger partial charge in [-0.2, -0.15) is 0 Å². The van der Waals surface area contributed by atoms with Crippen LogP contribution in [-0.4, -0.2) is 56.2 Å². The number of aromatic nitrogens is 1. The second-order valence-electron chi connectivity index (χ2n) is 5.33. The average molecular weight is 278 g/mol. The van der Waals surface area contributed by atoms with Crippen molar-refractivity contribution in [3.63, 3.8) is 0 Å². The van der Waals surface area contributed by atoms with Gasteiger partial charge in [-0.1, -0.05) is 0 Å². The molecule has 0 spiro atoms. The molecule has 1 saturated heterocycles. The van der Waals surface area contributed by atoms with Crippen LogP contribution in [0.2, 0.25) is 0 Å². The number of likely N-dealkylation sites (N-methyl/N-ethyl adjacent to an activating group) is 1. The minimum Gasteiger partial charge on any atom is -0.465 e. The number of nitrogen functional groups attached to an aromatic ring is 1. The highest BCUT2D eigenvalue weighted by Gasteiger charge is 2.23. The Balaban J connectivity index is 2.22. The first-order valence-electron chi connectivity index (χ1n) is 6.78. The van der Waals surface area contributed by atoms with Gasteiger partial charge in [-0.05, 0) is 33.0 Å². The number of hydrogen-bond donors (Lipinski definition) is 1. The summed E-state index contributed by atoms with van der Waals surface area (Å²) in [4.78, 5) is 20.5. The van der Waals surface area contributed by atoms with Gasteiger partial charge in [0.15, 0.2) is 0 Å². The van der Waals surface area contributed by atoms with E-state index < -0.39 is 5.97 Å². The molecule has 0 radical (unpaired) electrons. The lowest BCUT2D eigenvalue weighted by Crippen LogP contribution is -2.45. The molecule has 0 aliphatic carbocycles. The van der Waals surface area contributed by atoms with Gasteiger partial charge in [0.05, 0.1) is 24.6 Å². The lowest BCUT2D eigenvalue weighted by molar-refractivity contribution is 0.0602. The van der Waals surface area contributed by atoms with Crippen LogP contribution in [0, 0.1) is 0 Å². The van der Waals surface area contributed by atoms with E-state index in [2.05, 4.69) is 28.9 Å². The van der Waals surface area contributed by atoms with Crippen LogP contribution in [0.5, 0.6) is 0 Å². The van der Waals surface area contributed by atoms with Crippen LogP contribution in [0.25, 0.3) is 0 Å². The molecular formula is C14H22N4O2. The van der Waals surface area contributed by atoms with Gasteiger partial charge in [0, 0.05) is 19.1 Å². The number of rotatable bonds is 3. The second-order valence-corrected chi connectivity index (χ2v) is 5.33. The highest BCUT2D eigenvalue weighted by atomic mass is 16.5. The molecule has 2 N–H and O–H groups in total. The number of carbonyl (C=O) groups excluding carboxylic acids is 1. The average Bonchev–Trinajstić information content (AvgIpc) is 2.47. The number of pyridine rings is 1. The van der Waals surface area contributed by atoms with Crippen LogP contribution in [0.4, 0.5) is 11.5 Å². The molecule has 0 aromatic carbocycles. The zero-order valence-corrected chi connectivity index (χ0v) is 12.3. The van der Waals surface area contributed by atoms with Crippen molar-refractivity contribution in [2.75, 3.05) is 44.9 Å². The third-order valence-electron chi connectivity index (χ3n) is 3.78. The zero-order valence-electron chi connectivity index (χ0n) is 12.3. The molecule has 1 aromatic rings. The fourth-order valence-corrected chi connectivity index (χ4v) is 2.50. The Bertz CT molecular complexity index is 490. The fourth-order valence-electron chi connectivity index (χ4n) is 2.50. The predicted octanol–water partition coefficient (Wildman–Crippen LogP) is 0.981. The lowest BCUT2D eigenvalue weighted by Gasteiger charge is -2.36. The minimum absolute atomic E-state index is 0.349. The molecule has 1 aliphatic heterocycles. The molecule has 0 saturated carbocycles. The molecule has 1 aromatic heterocycles. The highest BCUT2D eigenvalue weighted by molar-refractivity contribution is 5.95. The van der Waals surface area contributed by atoms with Crippen molar-refractivity contribution in [3.8, 4) is 0 Å². The molecule has 110 valence electrons. The van der Waals surface area contributed by atoms with Gasteiger partial charge in [-0.25, -0.2) is 9.78 Å². The van der Waals surface area contributed by atoms with E-state index in [1.807, 2.05) is 0 Å². The van der Waals surface area contributed by atoms with Crippen LogP contribution in [0.15, 0.2) is 12.3 Å². The van der Waals surface area contributed by atoms with Crippen molar-refractivity contribution < 1.29 is 9.53 Å². The molecule has 1 aliphatic rings. The van der Waals surface area contributed by atoms with Gasteiger partial charge in [0.25, 0.3) is 0 Å². The van der Waals surface area contributed by atoms with Crippen molar-refractivity contribution in [2.24, 2.45) is 0 Å². The van der Waals surface area contributed by atoms with Crippen LogP contribution in [0.1, 0.15) is 23.2 Å². The Hall–Kier alpha value is -1.82. The molecule has 0 bridgehead atoms. The van der Waals surface area contributed by atoms with E-state index >= 15 is 0 Å². The number of piperidine rings is 1. The van der Waals surface area contributed by atoms with Gasteiger partial charge in [0.1, 0.15) is 5.82 Å². The lowest BCUT2D eigenvalue weighted by atomic mass is 10.0. The number of nitrogens with zero attached hydrogens (tertiary/aromatic N) is 3. The molecule has 0 amide bonds. The number of hydrogen-bond acceptors (Lipinski definition) is 6. The molecule has 20 heavy (non-hydrogen) atoms. The Morgan fingerprint density at radius 2 is 2.30 bits per heavy atom. The SMILES string of the molecule is COC(=O)c1cc(N2CCCC(N(C)C)C2)ncc1N. The summed E-state index contributed by atoms with van der Waals surface area (Å²) >= 11 is 0. The molecule has 1 atom stereocenters. The Labute approximate surface area is 119 Å². The van der Waals surface area contributed by atoms with E-state index in [0.717, 1.165) is 25.3 Å². The Kier molecular flexibility index (Phi) is 4.44. The van der Waals surface area contributed by atoms with E-state index in [1.165, 1.54) is 19.7 Å². The van der Waals surface area contributed by atoms with Crippen LogP contribution in [-0.2, 0) is 4.74 Å². The van der Waals surface area contributed by atoms with E-state index in [4.69, 9.17) is 10.5 Å². The topological polar surface area (TPSA) is 71.7 Å². The maximum absolute atomic E-state index is 11.7. The van der Waals surface area contributed by atoms with Gasteiger partial charge in [0.2, 0.25) is 0 Å². The van der Waals surface area contributed by atoms with E-state index in [-0.39, 0.29) is 0 Å². The normalized spacial score (nSPS) is 19.2. The van der Waals surface area contributed by atoms with Crippen LogP contribution in [0.3, 0.4) is 0 Å². The van der Waals surface area contributed by atoms with Gasteiger partial charge in [-0.3, -0.25) is 0 Å². The number of nitrogens with two attached hydrogens (primary N) is 1. The molecule has 1 fully saturated rings. The predicted molar refractivity (Wildman–Crippen MR) is 78.9 cm³/mol. The third-order valence-corrected chi connectivity index (χ3v) is 3.78. The van der Waals surface area contributed by atoms with Crippen molar-refractivity contribution in [1.29, 1.82) is 0 Å². The van der Waals surface area contributed by atoms with Crippen LogP contribution < -0.4 is 10.6 Å². The first-order chi connectivity index (χ1) is 9.52. The second kappa shape index (κ2) is 6.09. The van der Waals surface area contributed by atoms with Crippen molar-refractivity contribution in [1.82, 2.24) is 9.88 Å². The minimum atomic E-state index is -0.424. The molecule has 2 rings (SSSR count). The highest BCUT2D eigenvalue weighted by Crippen LogP contribution is 2.23. The molecular weight excluding hydrogens is 256 g/mol. The number of carbonyl (C=O) groups is 1. The summed E-state index contributed by atoms with van der Waals surface area (Å²) in [6, 6.07) is 2.23. The summed E-state index contributed by atoms with van der Waals surface area (Å²) in [6.45, 7) is 1.85. The fraction of sp³-hybridized carbons (Fsp3) is 0.571. The number of anilines is 2. The zero-order chi connectivity index (χ0) is 14.7. The van der Waals surface area contributed by atoms with E-state index in [1.54, 1.807) is 6.07 Å². The molecule has 6 nitrogen and oxygen atoms in total. The molecule has 2 heterocycles. The number of esters is 1. The largest absolute Gasteiger partial charge is 0.465 e. The van der Waals surface area contributed by atoms with Gasteiger partial charge >= 0.3 is 5.97 Å². The van der Waals surface area contributed by atoms with E-state index in [9.17, 15) is 4.79 Å². The van der Waals surface area contributed by atoms with Gasteiger partial charge < -0.3 is 20.3 Å². The van der Waals surface area contributed by atoms with Crippen LogP contribution >= 0.6 is 0 Å². The summed E-state index contributed by atoms with van der Waals surface area (Å²) in [5, 5.41) is 0. The van der Waals surface area contributed by atoms with Crippen molar-refractivity contribution in [2.45, 2.75) is 18.9 Å².